The Bertz CT molecular complexity index is 578. The second-order valence-electron chi connectivity index (χ2n) is 3.71. The van der Waals surface area contributed by atoms with Crippen LogP contribution in [0.1, 0.15) is 10.6 Å². The predicted octanol–water partition coefficient (Wildman–Crippen LogP) is 1.40. The van der Waals surface area contributed by atoms with Gasteiger partial charge in [0, 0.05) is 11.8 Å². The number of carbonyl (C=O) groups is 2. The summed E-state index contributed by atoms with van der Waals surface area (Å²) in [4.78, 5) is 22.3. The van der Waals surface area contributed by atoms with Gasteiger partial charge in [0.2, 0.25) is 0 Å². The summed E-state index contributed by atoms with van der Waals surface area (Å²) in [5, 5.41) is 2.64. The number of benzene rings is 1. The average Bonchev–Trinajstić information content (AvgIpc) is 2.91. The first-order valence-corrected chi connectivity index (χ1v) is 5.51. The molecule has 2 amide bonds. The number of nitrogens with one attached hydrogen (secondary N) is 1. The third-order valence-corrected chi connectivity index (χ3v) is 2.22. The minimum absolute atomic E-state index is 0.212. The Labute approximate surface area is 109 Å². The monoisotopic (exact) mass is 260 g/mol. The lowest BCUT2D eigenvalue weighted by molar-refractivity contribution is -0.119. The summed E-state index contributed by atoms with van der Waals surface area (Å²) >= 11 is 0. The standard InChI is InChI=1S/C13H12N2O4/c14-12(16)8-19-10-4-1-3-9(7-10)15-13(17)11-5-2-6-18-11/h1-7H,8H2,(H2,14,16)(H,15,17). The number of hydrogen-bond acceptors (Lipinski definition) is 4. The summed E-state index contributed by atoms with van der Waals surface area (Å²) in [6.07, 6.45) is 1.42. The van der Waals surface area contributed by atoms with E-state index in [2.05, 4.69) is 5.32 Å². The molecule has 3 N–H and O–H groups in total. The SMILES string of the molecule is NC(=O)COc1cccc(NC(=O)c2ccco2)c1. The molecular weight excluding hydrogens is 248 g/mol. The summed E-state index contributed by atoms with van der Waals surface area (Å²) in [7, 11) is 0. The Morgan fingerprint density at radius 3 is 2.79 bits per heavy atom. The van der Waals surface area contributed by atoms with Crippen LogP contribution in [0, 0.1) is 0 Å². The van der Waals surface area contributed by atoms with Crippen molar-refractivity contribution in [3.8, 4) is 5.75 Å². The minimum Gasteiger partial charge on any atom is -0.484 e. The molecule has 0 aliphatic heterocycles. The topological polar surface area (TPSA) is 94.6 Å². The number of ether oxygens (including phenoxy) is 1. The van der Waals surface area contributed by atoms with Crippen LogP contribution in [0.15, 0.2) is 47.1 Å². The second kappa shape index (κ2) is 5.72. The highest BCUT2D eigenvalue weighted by Crippen LogP contribution is 2.18. The molecule has 2 rings (SSSR count). The van der Waals surface area contributed by atoms with Gasteiger partial charge < -0.3 is 20.2 Å². The maximum absolute atomic E-state index is 11.7. The maximum Gasteiger partial charge on any atom is 0.291 e. The molecule has 6 heteroatoms. The van der Waals surface area contributed by atoms with Crippen LogP contribution in [0.25, 0.3) is 0 Å². The summed E-state index contributed by atoms with van der Waals surface area (Å²) in [6.45, 7) is -0.213. The highest BCUT2D eigenvalue weighted by Gasteiger charge is 2.09. The molecule has 2 aromatic rings. The zero-order valence-electron chi connectivity index (χ0n) is 9.96. The van der Waals surface area contributed by atoms with Gasteiger partial charge in [0.15, 0.2) is 12.4 Å². The summed E-state index contributed by atoms with van der Waals surface area (Å²) in [5.41, 5.74) is 5.51. The van der Waals surface area contributed by atoms with Gasteiger partial charge >= 0.3 is 0 Å². The van der Waals surface area contributed by atoms with Crippen LogP contribution in [-0.4, -0.2) is 18.4 Å². The van der Waals surface area contributed by atoms with Gasteiger partial charge in [0.05, 0.1) is 6.26 Å². The summed E-state index contributed by atoms with van der Waals surface area (Å²) in [5.74, 6) is -0.276. The van der Waals surface area contributed by atoms with Crippen LogP contribution in [-0.2, 0) is 4.79 Å². The smallest absolute Gasteiger partial charge is 0.291 e. The fourth-order valence-electron chi connectivity index (χ4n) is 1.42. The first-order valence-electron chi connectivity index (χ1n) is 5.51. The van der Waals surface area contributed by atoms with Crippen molar-refractivity contribution < 1.29 is 18.7 Å². The van der Waals surface area contributed by atoms with Gasteiger partial charge in [-0.2, -0.15) is 0 Å². The molecule has 0 fully saturated rings. The Morgan fingerprint density at radius 1 is 1.26 bits per heavy atom. The van der Waals surface area contributed by atoms with Crippen LogP contribution < -0.4 is 15.8 Å². The van der Waals surface area contributed by atoms with E-state index in [4.69, 9.17) is 14.9 Å². The molecule has 0 saturated heterocycles. The molecule has 0 aliphatic rings. The van der Waals surface area contributed by atoms with Crippen molar-refractivity contribution in [2.45, 2.75) is 0 Å². The van der Waals surface area contributed by atoms with Gasteiger partial charge in [-0.25, -0.2) is 0 Å². The minimum atomic E-state index is -0.565. The number of carbonyl (C=O) groups excluding carboxylic acids is 2. The number of furan rings is 1. The quantitative estimate of drug-likeness (QED) is 0.849. The highest BCUT2D eigenvalue weighted by molar-refractivity contribution is 6.02. The third kappa shape index (κ3) is 3.60. The van der Waals surface area contributed by atoms with Crippen LogP contribution in [0.3, 0.4) is 0 Å². The van der Waals surface area contributed by atoms with Crippen molar-refractivity contribution in [2.75, 3.05) is 11.9 Å². The number of amides is 2. The third-order valence-electron chi connectivity index (χ3n) is 2.22. The molecule has 6 nitrogen and oxygen atoms in total. The van der Waals surface area contributed by atoms with Gasteiger partial charge in [-0.3, -0.25) is 9.59 Å². The highest BCUT2D eigenvalue weighted by atomic mass is 16.5. The first-order chi connectivity index (χ1) is 9.15. The molecule has 0 spiro atoms. The molecule has 0 atom stereocenters. The Balaban J connectivity index is 2.02. The molecule has 0 unspecified atom stereocenters. The maximum atomic E-state index is 11.7. The van der Waals surface area contributed by atoms with Crippen molar-refractivity contribution in [2.24, 2.45) is 5.73 Å². The van der Waals surface area contributed by atoms with Crippen molar-refractivity contribution in [1.82, 2.24) is 0 Å². The van der Waals surface area contributed by atoms with Crippen molar-refractivity contribution in [3.63, 3.8) is 0 Å². The van der Waals surface area contributed by atoms with E-state index in [-0.39, 0.29) is 18.3 Å². The summed E-state index contributed by atoms with van der Waals surface area (Å²) in [6, 6.07) is 9.81. The number of hydrogen-bond donors (Lipinski definition) is 2. The molecule has 0 radical (unpaired) electrons. The lowest BCUT2D eigenvalue weighted by Crippen LogP contribution is -2.20. The van der Waals surface area contributed by atoms with Gasteiger partial charge in [-0.1, -0.05) is 6.07 Å². The lowest BCUT2D eigenvalue weighted by Gasteiger charge is -2.07. The number of rotatable bonds is 5. The molecule has 19 heavy (non-hydrogen) atoms. The van der Waals surface area contributed by atoms with E-state index in [1.165, 1.54) is 6.26 Å². The lowest BCUT2D eigenvalue weighted by atomic mass is 10.3. The molecule has 1 aromatic heterocycles. The zero-order chi connectivity index (χ0) is 13.7. The van der Waals surface area contributed by atoms with Crippen molar-refractivity contribution in [3.05, 3.63) is 48.4 Å². The van der Waals surface area contributed by atoms with Gasteiger partial charge in [0.1, 0.15) is 5.75 Å². The first kappa shape index (κ1) is 12.7. The molecule has 0 saturated carbocycles. The summed E-state index contributed by atoms with van der Waals surface area (Å²) < 4.78 is 10.1. The number of anilines is 1. The van der Waals surface area contributed by atoms with E-state index in [1.807, 2.05) is 0 Å². The van der Waals surface area contributed by atoms with E-state index < -0.39 is 5.91 Å². The fourth-order valence-corrected chi connectivity index (χ4v) is 1.42. The second-order valence-corrected chi connectivity index (χ2v) is 3.71. The van der Waals surface area contributed by atoms with Crippen LogP contribution >= 0.6 is 0 Å². The van der Waals surface area contributed by atoms with E-state index in [0.717, 1.165) is 0 Å². The van der Waals surface area contributed by atoms with E-state index >= 15 is 0 Å². The molecule has 0 aliphatic carbocycles. The molecular formula is C13H12N2O4. The fraction of sp³-hybridized carbons (Fsp3) is 0.0769. The largest absolute Gasteiger partial charge is 0.484 e. The normalized spacial score (nSPS) is 9.89. The average molecular weight is 260 g/mol. The van der Waals surface area contributed by atoms with Crippen molar-refractivity contribution in [1.29, 1.82) is 0 Å². The molecule has 0 bridgehead atoms. The molecule has 98 valence electrons. The zero-order valence-corrected chi connectivity index (χ0v) is 9.96. The van der Waals surface area contributed by atoms with Gasteiger partial charge in [0.25, 0.3) is 11.8 Å². The van der Waals surface area contributed by atoms with E-state index in [0.29, 0.717) is 11.4 Å². The van der Waals surface area contributed by atoms with Crippen LogP contribution in [0.4, 0.5) is 5.69 Å². The van der Waals surface area contributed by atoms with Gasteiger partial charge in [-0.05, 0) is 24.3 Å². The van der Waals surface area contributed by atoms with Crippen LogP contribution in [0.5, 0.6) is 5.75 Å². The van der Waals surface area contributed by atoms with Gasteiger partial charge in [-0.15, -0.1) is 0 Å². The molecule has 1 heterocycles. The Kier molecular flexibility index (Phi) is 3.82. The van der Waals surface area contributed by atoms with Crippen molar-refractivity contribution >= 4 is 17.5 Å². The van der Waals surface area contributed by atoms with E-state index in [1.54, 1.807) is 36.4 Å². The van der Waals surface area contributed by atoms with Crippen LogP contribution in [0.2, 0.25) is 0 Å². The van der Waals surface area contributed by atoms with E-state index in [9.17, 15) is 9.59 Å². The predicted molar refractivity (Wildman–Crippen MR) is 67.8 cm³/mol. The Hall–Kier alpha value is -2.76. The number of nitrogens with two attached hydrogens (primary N) is 1. The number of primary amides is 1. The molecule has 1 aromatic carbocycles. The Morgan fingerprint density at radius 2 is 2.11 bits per heavy atom.